The highest BCUT2D eigenvalue weighted by Gasteiger charge is 2.44. The van der Waals surface area contributed by atoms with Crippen molar-refractivity contribution in [1.82, 2.24) is 8.97 Å². The number of benzene rings is 3. The second-order valence-electron chi connectivity index (χ2n) is 15.3. The lowest BCUT2D eigenvalue weighted by Crippen LogP contribution is -2.43. The van der Waals surface area contributed by atoms with E-state index in [0.717, 1.165) is 54.5 Å². The van der Waals surface area contributed by atoms with Crippen molar-refractivity contribution >= 4 is 28.5 Å². The highest BCUT2D eigenvalue weighted by atomic mass is 15.3. The molecule has 0 amide bonds. The number of hydrogen-bond donors (Lipinski definition) is 1. The monoisotopic (exact) mass is 620 g/mol. The van der Waals surface area contributed by atoms with Crippen LogP contribution in [0.4, 0.5) is 22.7 Å². The summed E-state index contributed by atoms with van der Waals surface area (Å²) in [6, 6.07) is 27.1. The standard InChI is InChI=1S/C41H58N5/c1-10-43-36-20-13-11-18-34(36)40(2,3)38(43)22-15-23-39-41(4,5)35-19-12-14-21-37(35)44(39)29-17-31-46(8,9)33-26-24-32(25-27-33)45(6,7)30-16-28-42/h11-15,18-27H,10,16-17,28-31,42H2,1-9H3/q+3. The van der Waals surface area contributed by atoms with Gasteiger partial charge >= 0.3 is 0 Å². The first-order chi connectivity index (χ1) is 21.8. The molecule has 3 aromatic rings. The van der Waals surface area contributed by atoms with Crippen molar-refractivity contribution in [1.29, 1.82) is 0 Å². The van der Waals surface area contributed by atoms with Crippen LogP contribution in [0.2, 0.25) is 0 Å². The predicted octanol–water partition coefficient (Wildman–Crippen LogP) is 7.89. The van der Waals surface area contributed by atoms with Gasteiger partial charge in [-0.25, -0.2) is 0 Å². The lowest BCUT2D eigenvalue weighted by Gasteiger charge is -2.32. The number of rotatable bonds is 12. The van der Waals surface area contributed by atoms with E-state index in [9.17, 15) is 0 Å². The van der Waals surface area contributed by atoms with Gasteiger partial charge in [0, 0.05) is 71.7 Å². The summed E-state index contributed by atoms with van der Waals surface area (Å²) in [7, 11) is 9.21. The number of allylic oxidation sites excluding steroid dienone is 4. The fourth-order valence-electron chi connectivity index (χ4n) is 7.72. The van der Waals surface area contributed by atoms with Gasteiger partial charge in [0.1, 0.15) is 11.4 Å². The first-order valence-corrected chi connectivity index (χ1v) is 17.2. The van der Waals surface area contributed by atoms with E-state index >= 15 is 0 Å². The highest BCUT2D eigenvalue weighted by molar-refractivity contribution is 6.03. The van der Waals surface area contributed by atoms with Gasteiger partial charge in [0.15, 0.2) is 12.3 Å². The molecule has 3 aromatic carbocycles. The van der Waals surface area contributed by atoms with Gasteiger partial charge in [0.05, 0.1) is 53.1 Å². The summed E-state index contributed by atoms with van der Waals surface area (Å²) in [6.07, 6.45) is 9.15. The molecule has 0 aliphatic carbocycles. The van der Waals surface area contributed by atoms with Gasteiger partial charge < -0.3 is 10.6 Å². The number of likely N-dealkylation sites (N-methyl/N-ethyl adjacent to an activating group) is 1. The molecule has 0 aromatic heterocycles. The molecular formula is C41H58N5+3. The van der Waals surface area contributed by atoms with Crippen LogP contribution in [0, 0.1) is 0 Å². The van der Waals surface area contributed by atoms with E-state index in [1.54, 1.807) is 0 Å². The van der Waals surface area contributed by atoms with Crippen molar-refractivity contribution in [3.8, 4) is 0 Å². The average molecular weight is 621 g/mol. The van der Waals surface area contributed by atoms with Crippen LogP contribution in [0.1, 0.15) is 58.6 Å². The predicted molar refractivity (Wildman–Crippen MR) is 201 cm³/mol. The Balaban J connectivity index is 1.38. The van der Waals surface area contributed by atoms with Crippen molar-refractivity contribution in [2.24, 2.45) is 5.73 Å². The van der Waals surface area contributed by atoms with E-state index in [-0.39, 0.29) is 10.8 Å². The Labute approximate surface area is 279 Å². The Kier molecular flexibility index (Phi) is 9.52. The third kappa shape index (κ3) is 6.25. The third-order valence-corrected chi connectivity index (χ3v) is 10.7. The molecule has 2 aliphatic rings. The van der Waals surface area contributed by atoms with E-state index in [1.165, 1.54) is 45.3 Å². The summed E-state index contributed by atoms with van der Waals surface area (Å²) in [5.41, 5.74) is 16.6. The Morgan fingerprint density at radius 1 is 0.739 bits per heavy atom. The number of hydrogen-bond acceptors (Lipinski definition) is 2. The smallest absolute Gasteiger partial charge is 0.209 e. The average Bonchev–Trinajstić information content (AvgIpc) is 3.38. The maximum Gasteiger partial charge on any atom is 0.209 e. The first kappa shape index (κ1) is 33.8. The minimum Gasteiger partial charge on any atom is -0.344 e. The fraction of sp³-hybridized carbons (Fsp3) is 0.439. The summed E-state index contributed by atoms with van der Waals surface area (Å²) in [6.45, 7) is 16.5. The van der Waals surface area contributed by atoms with Crippen molar-refractivity contribution in [3.63, 3.8) is 0 Å². The Morgan fingerprint density at radius 2 is 1.30 bits per heavy atom. The Bertz CT molecular complexity index is 1640. The largest absolute Gasteiger partial charge is 0.344 e. The zero-order valence-electron chi connectivity index (χ0n) is 30.0. The molecule has 0 fully saturated rings. The summed E-state index contributed by atoms with van der Waals surface area (Å²) >= 11 is 0. The van der Waals surface area contributed by atoms with Crippen LogP contribution in [0.3, 0.4) is 0 Å². The molecule has 0 spiro atoms. The molecule has 0 saturated carbocycles. The molecule has 0 saturated heterocycles. The Morgan fingerprint density at radius 3 is 1.91 bits per heavy atom. The first-order valence-electron chi connectivity index (χ1n) is 17.2. The van der Waals surface area contributed by atoms with Crippen LogP contribution >= 0.6 is 0 Å². The van der Waals surface area contributed by atoms with Gasteiger partial charge in [-0.2, -0.15) is 4.58 Å². The van der Waals surface area contributed by atoms with Gasteiger partial charge in [-0.1, -0.05) is 56.3 Å². The van der Waals surface area contributed by atoms with E-state index in [1.807, 2.05) is 0 Å². The summed E-state index contributed by atoms with van der Waals surface area (Å²) in [5, 5.41) is 0. The molecule has 2 N–H and O–H groups in total. The van der Waals surface area contributed by atoms with Crippen LogP contribution in [0.15, 0.2) is 96.7 Å². The zero-order valence-corrected chi connectivity index (χ0v) is 30.0. The number of quaternary nitrogens is 2. The summed E-state index contributed by atoms with van der Waals surface area (Å²) < 4.78 is 4.30. The molecule has 5 heteroatoms. The third-order valence-electron chi connectivity index (χ3n) is 10.7. The minimum absolute atomic E-state index is 0.0314. The number of para-hydroxylation sites is 2. The fourth-order valence-corrected chi connectivity index (χ4v) is 7.72. The number of fused-ring (bicyclic) bond motifs is 2. The lowest BCUT2D eigenvalue weighted by molar-refractivity contribution is -0.438. The highest BCUT2D eigenvalue weighted by Crippen LogP contribution is 2.47. The van der Waals surface area contributed by atoms with E-state index < -0.39 is 0 Å². The quantitative estimate of drug-likeness (QED) is 0.165. The van der Waals surface area contributed by atoms with Gasteiger partial charge in [-0.3, -0.25) is 8.97 Å². The topological polar surface area (TPSA) is 32.3 Å². The number of anilines is 1. The second-order valence-corrected chi connectivity index (χ2v) is 15.3. The molecule has 0 atom stereocenters. The van der Waals surface area contributed by atoms with Crippen LogP contribution in [-0.2, 0) is 10.8 Å². The van der Waals surface area contributed by atoms with Gasteiger partial charge in [0.2, 0.25) is 5.69 Å². The Hall–Kier alpha value is -3.51. The van der Waals surface area contributed by atoms with Crippen LogP contribution in [0.25, 0.3) is 0 Å². The van der Waals surface area contributed by atoms with Gasteiger partial charge in [-0.15, -0.1) is 0 Å². The molecule has 0 unspecified atom stereocenters. The van der Waals surface area contributed by atoms with Crippen molar-refractivity contribution in [2.45, 2.75) is 58.3 Å². The normalized spacial score (nSPS) is 18.1. The van der Waals surface area contributed by atoms with Crippen molar-refractivity contribution in [2.75, 3.05) is 65.8 Å². The zero-order chi connectivity index (χ0) is 33.3. The summed E-state index contributed by atoms with van der Waals surface area (Å²) in [5.74, 6) is 0. The van der Waals surface area contributed by atoms with E-state index in [4.69, 9.17) is 5.73 Å². The molecule has 0 bridgehead atoms. The molecule has 5 rings (SSSR count). The molecule has 2 aliphatic heterocycles. The minimum atomic E-state index is -0.0701. The SMILES string of the molecule is CCN1C(=CC=CC2=[N+](CCC[N+](C)(C)c3ccc([N+](C)(C)CCCN)cc3)c3ccccc3C2(C)C)C(C)(C)c2ccccc21. The molecule has 0 radical (unpaired) electrons. The molecule has 5 nitrogen and oxygen atoms in total. The van der Waals surface area contributed by atoms with Crippen molar-refractivity contribution < 1.29 is 4.58 Å². The van der Waals surface area contributed by atoms with E-state index in [0.29, 0.717) is 0 Å². The maximum atomic E-state index is 5.80. The molecule has 2 heterocycles. The van der Waals surface area contributed by atoms with Crippen LogP contribution in [-0.4, -0.2) is 71.2 Å². The van der Waals surface area contributed by atoms with Crippen molar-refractivity contribution in [3.05, 3.63) is 108 Å². The summed E-state index contributed by atoms with van der Waals surface area (Å²) in [4.78, 5) is 2.48. The lowest BCUT2D eigenvalue weighted by atomic mass is 9.81. The second kappa shape index (κ2) is 12.9. The van der Waals surface area contributed by atoms with Crippen LogP contribution in [0.5, 0.6) is 0 Å². The maximum absolute atomic E-state index is 5.80. The van der Waals surface area contributed by atoms with Gasteiger partial charge in [-0.05, 0) is 45.0 Å². The van der Waals surface area contributed by atoms with Crippen LogP contribution < -0.4 is 19.6 Å². The molecule has 244 valence electrons. The molecule has 46 heavy (non-hydrogen) atoms. The number of nitrogens with zero attached hydrogens (tertiary/aromatic N) is 4. The van der Waals surface area contributed by atoms with E-state index in [2.05, 4.69) is 163 Å². The van der Waals surface area contributed by atoms with Gasteiger partial charge in [0.25, 0.3) is 0 Å². The molecular weight excluding hydrogens is 562 g/mol. The number of nitrogens with two attached hydrogens (primary N) is 1.